The molecule has 0 saturated heterocycles. The summed E-state index contributed by atoms with van der Waals surface area (Å²) in [6.45, 7) is 9.78. The van der Waals surface area contributed by atoms with Crippen LogP contribution in [0.2, 0.25) is 0 Å². The Balaban J connectivity index is 4.20. The summed E-state index contributed by atoms with van der Waals surface area (Å²) < 4.78 is 6.03. The van der Waals surface area contributed by atoms with Gasteiger partial charge in [0.15, 0.2) is 0 Å². The maximum absolute atomic E-state index is 12.7. The van der Waals surface area contributed by atoms with Crippen LogP contribution in [0.3, 0.4) is 0 Å². The number of hydrogen-bond donors (Lipinski definition) is 2. The zero-order chi connectivity index (χ0) is 35.2. The van der Waals surface area contributed by atoms with Crippen molar-refractivity contribution in [2.45, 2.75) is 245 Å². The molecular formula is C43H87NO4. The smallest absolute Gasteiger partial charge is 0.306 e. The number of aliphatic hydroxyl groups excluding tert-OH is 2. The van der Waals surface area contributed by atoms with Crippen molar-refractivity contribution in [3.05, 3.63) is 0 Å². The Hall–Kier alpha value is -0.650. The normalized spacial score (nSPS) is 12.4. The summed E-state index contributed by atoms with van der Waals surface area (Å²) in [6, 6.07) is 0. The lowest BCUT2D eigenvalue weighted by Crippen LogP contribution is -2.34. The molecule has 0 radical (unpaired) electrons. The lowest BCUT2D eigenvalue weighted by molar-refractivity contribution is -0.150. The quantitative estimate of drug-likeness (QED) is 0.0497. The van der Waals surface area contributed by atoms with E-state index in [4.69, 9.17) is 4.74 Å². The monoisotopic (exact) mass is 682 g/mol. The summed E-state index contributed by atoms with van der Waals surface area (Å²) in [6.07, 6.45) is 39.4. The molecule has 5 heteroatoms. The SMILES string of the molecule is CCCCCCCCCCCCC(O)CN(CCCCO)CCCCCCCC(=O)OC(CCCCCCCC)CCCCCCCC. The second-order valence-electron chi connectivity index (χ2n) is 15.1. The zero-order valence-electron chi connectivity index (χ0n) is 33.0. The highest BCUT2D eigenvalue weighted by atomic mass is 16.5. The molecule has 1 unspecified atom stereocenters. The third-order valence-electron chi connectivity index (χ3n) is 10.2. The molecule has 2 N–H and O–H groups in total. The van der Waals surface area contributed by atoms with E-state index in [0.29, 0.717) is 6.42 Å². The highest BCUT2D eigenvalue weighted by Gasteiger charge is 2.15. The molecule has 0 aromatic heterocycles. The Morgan fingerprint density at radius 3 is 1.33 bits per heavy atom. The molecule has 288 valence electrons. The maximum atomic E-state index is 12.7. The van der Waals surface area contributed by atoms with Crippen molar-refractivity contribution in [1.82, 2.24) is 4.90 Å². The van der Waals surface area contributed by atoms with Crippen LogP contribution in [0.4, 0.5) is 0 Å². The van der Waals surface area contributed by atoms with Crippen LogP contribution in [0, 0.1) is 0 Å². The molecule has 0 amide bonds. The van der Waals surface area contributed by atoms with Crippen LogP contribution < -0.4 is 0 Å². The standard InChI is InChI=1S/C43H87NO4/c1-4-7-10-13-16-17-18-19-21-26-33-41(46)40-44(38-31-32-39-45)37-30-25-20-24-29-36-43(47)48-42(34-27-22-14-11-8-5-2)35-28-23-15-12-9-6-3/h41-42,45-46H,4-40H2,1-3H3. The van der Waals surface area contributed by atoms with Crippen LogP contribution in [0.5, 0.6) is 0 Å². The maximum Gasteiger partial charge on any atom is 0.306 e. The first kappa shape index (κ1) is 47.4. The first-order chi connectivity index (χ1) is 23.6. The largest absolute Gasteiger partial charge is 0.462 e. The van der Waals surface area contributed by atoms with E-state index >= 15 is 0 Å². The van der Waals surface area contributed by atoms with E-state index in [0.717, 1.165) is 83.8 Å². The third kappa shape index (κ3) is 35.2. The van der Waals surface area contributed by atoms with Gasteiger partial charge in [0, 0.05) is 19.6 Å². The number of carbonyl (C=O) groups excluding carboxylic acids is 1. The minimum atomic E-state index is -0.245. The van der Waals surface area contributed by atoms with Gasteiger partial charge in [-0.1, -0.05) is 168 Å². The molecule has 0 aliphatic heterocycles. The van der Waals surface area contributed by atoms with Gasteiger partial charge < -0.3 is 19.8 Å². The van der Waals surface area contributed by atoms with Gasteiger partial charge in [-0.25, -0.2) is 0 Å². The fraction of sp³-hybridized carbons (Fsp3) is 0.977. The Labute approximate surface area is 301 Å². The van der Waals surface area contributed by atoms with Gasteiger partial charge in [-0.05, 0) is 70.9 Å². The molecule has 0 aliphatic carbocycles. The first-order valence-corrected chi connectivity index (χ1v) is 21.8. The minimum Gasteiger partial charge on any atom is -0.462 e. The van der Waals surface area contributed by atoms with Crippen molar-refractivity contribution in [2.75, 3.05) is 26.2 Å². The number of nitrogens with zero attached hydrogens (tertiary/aromatic N) is 1. The number of esters is 1. The molecule has 0 aromatic carbocycles. The van der Waals surface area contributed by atoms with E-state index in [9.17, 15) is 15.0 Å². The van der Waals surface area contributed by atoms with E-state index in [1.807, 2.05) is 0 Å². The Kier molecular flexibility index (Phi) is 38.6. The molecule has 48 heavy (non-hydrogen) atoms. The zero-order valence-corrected chi connectivity index (χ0v) is 33.0. The van der Waals surface area contributed by atoms with Crippen LogP contribution in [-0.2, 0) is 9.53 Å². The van der Waals surface area contributed by atoms with Gasteiger partial charge in [-0.15, -0.1) is 0 Å². The fourth-order valence-corrected chi connectivity index (χ4v) is 6.95. The molecule has 0 saturated carbocycles. The van der Waals surface area contributed by atoms with Gasteiger partial charge >= 0.3 is 5.97 Å². The lowest BCUT2D eigenvalue weighted by atomic mass is 10.0. The predicted octanol–water partition coefficient (Wildman–Crippen LogP) is 12.5. The molecule has 0 bridgehead atoms. The van der Waals surface area contributed by atoms with Gasteiger partial charge in [-0.2, -0.15) is 0 Å². The summed E-state index contributed by atoms with van der Waals surface area (Å²) in [5.41, 5.74) is 0. The van der Waals surface area contributed by atoms with Crippen LogP contribution in [-0.4, -0.2) is 59.5 Å². The fourth-order valence-electron chi connectivity index (χ4n) is 6.95. The summed E-state index contributed by atoms with van der Waals surface area (Å²) in [5, 5.41) is 20.0. The first-order valence-electron chi connectivity index (χ1n) is 21.8. The average molecular weight is 682 g/mol. The molecule has 0 spiro atoms. The van der Waals surface area contributed by atoms with E-state index in [2.05, 4.69) is 25.7 Å². The third-order valence-corrected chi connectivity index (χ3v) is 10.2. The van der Waals surface area contributed by atoms with E-state index in [-0.39, 0.29) is 24.8 Å². The second-order valence-corrected chi connectivity index (χ2v) is 15.1. The number of aliphatic hydroxyl groups is 2. The molecule has 0 aromatic rings. The summed E-state index contributed by atoms with van der Waals surface area (Å²) in [4.78, 5) is 15.1. The molecule has 1 atom stereocenters. The predicted molar refractivity (Wildman–Crippen MR) is 209 cm³/mol. The molecule has 0 fully saturated rings. The van der Waals surface area contributed by atoms with Crippen molar-refractivity contribution in [1.29, 1.82) is 0 Å². The summed E-state index contributed by atoms with van der Waals surface area (Å²) in [7, 11) is 0. The highest BCUT2D eigenvalue weighted by Crippen LogP contribution is 2.19. The van der Waals surface area contributed by atoms with Gasteiger partial charge in [0.25, 0.3) is 0 Å². The van der Waals surface area contributed by atoms with E-state index in [1.54, 1.807) is 0 Å². The topological polar surface area (TPSA) is 70.0 Å². The summed E-state index contributed by atoms with van der Waals surface area (Å²) in [5.74, 6) is 0.0171. The molecule has 5 nitrogen and oxygen atoms in total. The number of rotatable bonds is 40. The molecular weight excluding hydrogens is 594 g/mol. The number of hydrogen-bond acceptors (Lipinski definition) is 5. The van der Waals surface area contributed by atoms with Gasteiger partial charge in [0.1, 0.15) is 6.10 Å². The highest BCUT2D eigenvalue weighted by molar-refractivity contribution is 5.69. The van der Waals surface area contributed by atoms with Crippen LogP contribution in [0.15, 0.2) is 0 Å². The lowest BCUT2D eigenvalue weighted by Gasteiger charge is -2.25. The van der Waals surface area contributed by atoms with Crippen molar-refractivity contribution in [3.8, 4) is 0 Å². The molecule has 0 heterocycles. The average Bonchev–Trinajstić information content (AvgIpc) is 3.08. The summed E-state index contributed by atoms with van der Waals surface area (Å²) >= 11 is 0. The Morgan fingerprint density at radius 1 is 0.500 bits per heavy atom. The molecule has 0 rings (SSSR count). The second kappa shape index (κ2) is 39.1. The van der Waals surface area contributed by atoms with E-state index in [1.165, 1.54) is 141 Å². The Bertz CT molecular complexity index is 614. The Morgan fingerprint density at radius 2 is 0.875 bits per heavy atom. The van der Waals surface area contributed by atoms with E-state index < -0.39 is 0 Å². The number of carbonyl (C=O) groups is 1. The molecule has 0 aliphatic rings. The van der Waals surface area contributed by atoms with Crippen molar-refractivity contribution < 1.29 is 19.7 Å². The van der Waals surface area contributed by atoms with Gasteiger partial charge in [0.05, 0.1) is 6.10 Å². The van der Waals surface area contributed by atoms with Crippen molar-refractivity contribution in [3.63, 3.8) is 0 Å². The van der Waals surface area contributed by atoms with Crippen molar-refractivity contribution in [2.24, 2.45) is 0 Å². The van der Waals surface area contributed by atoms with Gasteiger partial charge in [-0.3, -0.25) is 4.79 Å². The van der Waals surface area contributed by atoms with Gasteiger partial charge in [0.2, 0.25) is 0 Å². The van der Waals surface area contributed by atoms with Crippen molar-refractivity contribution >= 4 is 5.97 Å². The van der Waals surface area contributed by atoms with Crippen LogP contribution in [0.1, 0.15) is 233 Å². The number of unbranched alkanes of at least 4 members (excludes halogenated alkanes) is 24. The van der Waals surface area contributed by atoms with Crippen LogP contribution >= 0.6 is 0 Å². The van der Waals surface area contributed by atoms with Crippen LogP contribution in [0.25, 0.3) is 0 Å². The number of ether oxygens (including phenoxy) is 1. The minimum absolute atomic E-state index is 0.0171.